The Labute approximate surface area is 134 Å². The van der Waals surface area contributed by atoms with Crippen LogP contribution in [0.2, 0.25) is 0 Å². The molecule has 0 spiro atoms. The minimum absolute atomic E-state index is 0.146. The van der Waals surface area contributed by atoms with Gasteiger partial charge in [0.15, 0.2) is 0 Å². The van der Waals surface area contributed by atoms with Crippen molar-refractivity contribution in [3.8, 4) is 0 Å². The summed E-state index contributed by atoms with van der Waals surface area (Å²) in [5, 5.41) is 9.43. The van der Waals surface area contributed by atoms with Gasteiger partial charge < -0.3 is 10.6 Å². The number of hydrogen-bond donors (Lipinski definition) is 2. The first-order valence-corrected chi connectivity index (χ1v) is 8.33. The molecular weight excluding hydrogens is 296 g/mol. The highest BCUT2D eigenvalue weighted by Gasteiger charge is 2.16. The van der Waals surface area contributed by atoms with Crippen LogP contribution in [0.1, 0.15) is 47.4 Å². The Morgan fingerprint density at radius 1 is 1.09 bits per heavy atom. The third-order valence-electron chi connectivity index (χ3n) is 3.52. The van der Waals surface area contributed by atoms with Crippen LogP contribution in [0.25, 0.3) is 0 Å². The average Bonchev–Trinajstić information content (AvgIpc) is 3.07. The van der Waals surface area contributed by atoms with Gasteiger partial charge in [-0.3, -0.25) is 9.59 Å². The molecular formula is C17H20N2O2S. The maximum atomic E-state index is 12.4. The molecule has 22 heavy (non-hydrogen) atoms. The molecule has 0 unspecified atom stereocenters. The van der Waals surface area contributed by atoms with E-state index in [0.29, 0.717) is 16.8 Å². The van der Waals surface area contributed by atoms with E-state index in [1.165, 1.54) is 11.3 Å². The van der Waals surface area contributed by atoms with E-state index in [1.807, 2.05) is 19.2 Å². The number of amides is 2. The van der Waals surface area contributed by atoms with Gasteiger partial charge in [0.25, 0.3) is 11.8 Å². The Bertz CT molecular complexity index is 634. The number of thiophene rings is 1. The third-order valence-corrected chi connectivity index (χ3v) is 4.21. The molecule has 5 heteroatoms. The van der Waals surface area contributed by atoms with Crippen LogP contribution < -0.4 is 10.6 Å². The third kappa shape index (κ3) is 3.95. The normalized spacial score (nSPS) is 10.5. The van der Waals surface area contributed by atoms with Crippen LogP contribution in [-0.2, 0) is 0 Å². The Hall–Kier alpha value is -2.14. The van der Waals surface area contributed by atoms with Crippen molar-refractivity contribution in [2.75, 3.05) is 5.32 Å². The molecule has 0 aliphatic carbocycles. The predicted molar refractivity (Wildman–Crippen MR) is 90.6 cm³/mol. The number of carbonyl (C=O) groups excluding carboxylic acids is 2. The largest absolute Gasteiger partial charge is 0.349 e. The molecule has 2 aromatic rings. The molecule has 2 amide bonds. The van der Waals surface area contributed by atoms with Crippen LogP contribution in [0.5, 0.6) is 0 Å². The highest BCUT2D eigenvalue weighted by atomic mass is 32.1. The van der Waals surface area contributed by atoms with Gasteiger partial charge in [-0.2, -0.15) is 11.3 Å². The lowest BCUT2D eigenvalue weighted by molar-refractivity contribution is 0.0935. The Morgan fingerprint density at radius 3 is 2.45 bits per heavy atom. The summed E-state index contributed by atoms with van der Waals surface area (Å²) in [6, 6.07) is 8.96. The molecule has 0 saturated heterocycles. The minimum atomic E-state index is -0.205. The molecule has 2 rings (SSSR count). The molecule has 116 valence electrons. The molecule has 0 radical (unpaired) electrons. The molecule has 0 atom stereocenters. The van der Waals surface area contributed by atoms with Gasteiger partial charge in [-0.15, -0.1) is 0 Å². The smallest absolute Gasteiger partial charge is 0.256 e. The van der Waals surface area contributed by atoms with Crippen molar-refractivity contribution in [1.29, 1.82) is 0 Å². The zero-order valence-electron chi connectivity index (χ0n) is 12.8. The second-order valence-electron chi connectivity index (χ2n) is 5.00. The maximum absolute atomic E-state index is 12.4. The Kier molecular flexibility index (Phi) is 5.72. The van der Waals surface area contributed by atoms with Crippen molar-refractivity contribution in [1.82, 2.24) is 5.32 Å². The first kappa shape index (κ1) is 16.2. The summed E-state index contributed by atoms with van der Waals surface area (Å²) >= 11 is 1.46. The summed E-state index contributed by atoms with van der Waals surface area (Å²) in [6.07, 6.45) is 1.76. The molecule has 0 aliphatic rings. The summed E-state index contributed by atoms with van der Waals surface area (Å²) in [6.45, 7) is 4.08. The van der Waals surface area contributed by atoms with Crippen LogP contribution >= 0.6 is 11.3 Å². The number of hydrogen-bond acceptors (Lipinski definition) is 3. The van der Waals surface area contributed by atoms with Gasteiger partial charge >= 0.3 is 0 Å². The van der Waals surface area contributed by atoms with E-state index >= 15 is 0 Å². The lowest BCUT2D eigenvalue weighted by atomic mass is 10.1. The first-order valence-electron chi connectivity index (χ1n) is 7.39. The first-order chi connectivity index (χ1) is 10.7. The van der Waals surface area contributed by atoms with Gasteiger partial charge in [-0.25, -0.2) is 0 Å². The number of para-hydroxylation sites is 1. The van der Waals surface area contributed by atoms with E-state index in [1.54, 1.807) is 35.7 Å². The fourth-order valence-electron chi connectivity index (χ4n) is 2.13. The zero-order valence-corrected chi connectivity index (χ0v) is 13.6. The average molecular weight is 316 g/mol. The number of carbonyl (C=O) groups is 2. The van der Waals surface area contributed by atoms with Gasteiger partial charge in [0, 0.05) is 11.4 Å². The molecule has 1 aromatic heterocycles. The summed E-state index contributed by atoms with van der Waals surface area (Å²) in [5.41, 5.74) is 1.61. The van der Waals surface area contributed by atoms with Crippen LogP contribution in [0.3, 0.4) is 0 Å². The summed E-state index contributed by atoms with van der Waals surface area (Å²) in [7, 11) is 0. The van der Waals surface area contributed by atoms with Crippen molar-refractivity contribution in [3.63, 3.8) is 0 Å². The molecule has 0 aliphatic heterocycles. The maximum Gasteiger partial charge on any atom is 0.256 e. The van der Waals surface area contributed by atoms with Gasteiger partial charge in [0.05, 0.1) is 16.8 Å². The second kappa shape index (κ2) is 7.75. The highest BCUT2D eigenvalue weighted by molar-refractivity contribution is 7.08. The highest BCUT2D eigenvalue weighted by Crippen LogP contribution is 2.17. The fraction of sp³-hybridized carbons (Fsp3) is 0.294. The summed E-state index contributed by atoms with van der Waals surface area (Å²) in [5.74, 6) is -0.362. The van der Waals surface area contributed by atoms with Crippen LogP contribution in [0.4, 0.5) is 5.69 Å². The monoisotopic (exact) mass is 316 g/mol. The van der Waals surface area contributed by atoms with Crippen molar-refractivity contribution in [3.05, 3.63) is 52.2 Å². The molecule has 1 aromatic carbocycles. The summed E-state index contributed by atoms with van der Waals surface area (Å²) < 4.78 is 0. The molecule has 4 nitrogen and oxygen atoms in total. The fourth-order valence-corrected chi connectivity index (χ4v) is 2.77. The molecule has 0 fully saturated rings. The summed E-state index contributed by atoms with van der Waals surface area (Å²) in [4.78, 5) is 24.5. The Morgan fingerprint density at radius 2 is 1.82 bits per heavy atom. The van der Waals surface area contributed by atoms with E-state index in [2.05, 4.69) is 10.6 Å². The number of nitrogens with one attached hydrogen (secondary N) is 2. The zero-order chi connectivity index (χ0) is 15.9. The molecule has 1 heterocycles. The molecule has 0 saturated carbocycles. The number of anilines is 1. The minimum Gasteiger partial charge on any atom is -0.349 e. The van der Waals surface area contributed by atoms with Gasteiger partial charge in [-0.1, -0.05) is 26.0 Å². The van der Waals surface area contributed by atoms with Gasteiger partial charge in [0.2, 0.25) is 0 Å². The van der Waals surface area contributed by atoms with Crippen molar-refractivity contribution >= 4 is 28.8 Å². The Balaban J connectivity index is 2.16. The SMILES string of the molecule is CCC(CC)NC(=O)c1ccccc1NC(=O)c1ccsc1. The van der Waals surface area contributed by atoms with Crippen molar-refractivity contribution < 1.29 is 9.59 Å². The van der Waals surface area contributed by atoms with Crippen LogP contribution in [-0.4, -0.2) is 17.9 Å². The van der Waals surface area contributed by atoms with E-state index < -0.39 is 0 Å². The van der Waals surface area contributed by atoms with Crippen molar-refractivity contribution in [2.45, 2.75) is 32.7 Å². The van der Waals surface area contributed by atoms with Crippen LogP contribution in [0.15, 0.2) is 41.1 Å². The molecule has 0 bridgehead atoms. The lowest BCUT2D eigenvalue weighted by Gasteiger charge is -2.16. The van der Waals surface area contributed by atoms with E-state index in [-0.39, 0.29) is 17.9 Å². The number of benzene rings is 1. The van der Waals surface area contributed by atoms with Gasteiger partial charge in [-0.05, 0) is 36.4 Å². The number of rotatable bonds is 6. The van der Waals surface area contributed by atoms with E-state index in [4.69, 9.17) is 0 Å². The van der Waals surface area contributed by atoms with E-state index in [0.717, 1.165) is 12.8 Å². The lowest BCUT2D eigenvalue weighted by Crippen LogP contribution is -2.34. The quantitative estimate of drug-likeness (QED) is 0.848. The van der Waals surface area contributed by atoms with E-state index in [9.17, 15) is 9.59 Å². The van der Waals surface area contributed by atoms with Crippen molar-refractivity contribution in [2.24, 2.45) is 0 Å². The van der Waals surface area contributed by atoms with Gasteiger partial charge in [0.1, 0.15) is 0 Å². The predicted octanol–water partition coefficient (Wildman–Crippen LogP) is 3.92. The standard InChI is InChI=1S/C17H20N2O2S/c1-3-13(4-2)18-17(21)14-7-5-6-8-15(14)19-16(20)12-9-10-22-11-12/h5-11,13H,3-4H2,1-2H3,(H,18,21)(H,19,20). The van der Waals surface area contributed by atoms with Crippen LogP contribution in [0, 0.1) is 0 Å². The molecule has 2 N–H and O–H groups in total. The second-order valence-corrected chi connectivity index (χ2v) is 5.78. The topological polar surface area (TPSA) is 58.2 Å².